The second kappa shape index (κ2) is 15.6. The van der Waals surface area contributed by atoms with E-state index in [1.165, 1.54) is 82.6 Å². The number of aromatic nitrogens is 1. The Bertz CT molecular complexity index is 660. The van der Waals surface area contributed by atoms with Crippen LogP contribution in [0.25, 0.3) is 10.9 Å². The molecule has 1 aromatic carbocycles. The van der Waals surface area contributed by atoms with Gasteiger partial charge in [0.05, 0.1) is 5.52 Å². The van der Waals surface area contributed by atoms with Crippen molar-refractivity contribution in [2.24, 2.45) is 0 Å². The highest BCUT2D eigenvalue weighted by atomic mass is 35.5. The molecule has 0 spiro atoms. The van der Waals surface area contributed by atoms with Crippen LogP contribution in [0.5, 0.6) is 5.75 Å². The summed E-state index contributed by atoms with van der Waals surface area (Å²) in [6, 6.07) is 7.68. The summed E-state index contributed by atoms with van der Waals surface area (Å²) in [6.07, 6.45) is 17.6. The number of benzene rings is 1. The van der Waals surface area contributed by atoms with E-state index in [2.05, 4.69) is 24.9 Å². The van der Waals surface area contributed by atoms with Crippen LogP contribution < -0.4 is 0 Å². The number of halogens is 1. The minimum absolute atomic E-state index is 0. The van der Waals surface area contributed by atoms with Crippen molar-refractivity contribution in [1.29, 1.82) is 0 Å². The van der Waals surface area contributed by atoms with Crippen molar-refractivity contribution in [3.8, 4) is 5.75 Å². The third-order valence-corrected chi connectivity index (χ3v) is 5.31. The summed E-state index contributed by atoms with van der Waals surface area (Å²) >= 11 is 0. The Balaban J connectivity index is 0.00000364. The van der Waals surface area contributed by atoms with Crippen molar-refractivity contribution in [3.05, 3.63) is 35.5 Å². The zero-order valence-corrected chi connectivity index (χ0v) is 18.6. The fourth-order valence-corrected chi connectivity index (χ4v) is 3.79. The fraction of sp³-hybridized carbons (Fsp3) is 0.625. The van der Waals surface area contributed by atoms with Gasteiger partial charge in [-0.15, -0.1) is 12.4 Å². The maximum Gasteiger partial charge on any atom is 0.116 e. The predicted molar refractivity (Wildman–Crippen MR) is 124 cm³/mol. The first-order chi connectivity index (χ1) is 12.7. The van der Waals surface area contributed by atoms with Crippen LogP contribution in [0.1, 0.15) is 95.2 Å². The van der Waals surface area contributed by atoms with Crippen molar-refractivity contribution < 1.29 is 10.6 Å². The van der Waals surface area contributed by atoms with E-state index in [0.717, 1.165) is 23.0 Å². The molecule has 28 heavy (non-hydrogen) atoms. The molecular formula is C24H40ClNO2. The molecule has 0 atom stereocenters. The summed E-state index contributed by atoms with van der Waals surface area (Å²) < 4.78 is 0. The standard InChI is InChI=1S/C24H37NO.ClH.H2O/c1-3-4-5-6-7-8-9-10-11-12-13-14-15-21-18-20(2)25-24-17-16-22(26)19-23(21)24;;/h16-19,26H,3-15H2,1-2H3;1H;1H2. The number of aryl methyl sites for hydroxylation is 2. The van der Waals surface area contributed by atoms with Gasteiger partial charge in [-0.3, -0.25) is 4.98 Å². The van der Waals surface area contributed by atoms with Gasteiger partial charge in [0, 0.05) is 11.1 Å². The van der Waals surface area contributed by atoms with Gasteiger partial charge in [0.2, 0.25) is 0 Å². The van der Waals surface area contributed by atoms with Crippen LogP contribution in [0.3, 0.4) is 0 Å². The number of nitrogens with zero attached hydrogens (tertiary/aromatic N) is 1. The molecule has 0 aliphatic rings. The van der Waals surface area contributed by atoms with E-state index in [9.17, 15) is 5.11 Å². The summed E-state index contributed by atoms with van der Waals surface area (Å²) in [5.41, 5.74) is 3.39. The number of hydrogen-bond donors (Lipinski definition) is 1. The van der Waals surface area contributed by atoms with Crippen molar-refractivity contribution in [2.75, 3.05) is 0 Å². The van der Waals surface area contributed by atoms with Crippen LogP contribution in [-0.4, -0.2) is 15.6 Å². The molecule has 0 bridgehead atoms. The SMILES string of the molecule is CCCCCCCCCCCCCCc1cc(C)nc2ccc(O)cc12.Cl.O. The lowest BCUT2D eigenvalue weighted by molar-refractivity contribution is 0.476. The summed E-state index contributed by atoms with van der Waals surface area (Å²) in [4.78, 5) is 4.58. The molecule has 4 heteroatoms. The number of fused-ring (bicyclic) bond motifs is 1. The van der Waals surface area contributed by atoms with E-state index < -0.39 is 0 Å². The molecule has 160 valence electrons. The van der Waals surface area contributed by atoms with Crippen LogP contribution in [0.2, 0.25) is 0 Å². The Labute approximate surface area is 177 Å². The molecule has 0 fully saturated rings. The average Bonchev–Trinajstić information content (AvgIpc) is 2.63. The molecule has 0 saturated carbocycles. The molecule has 1 heterocycles. The molecule has 2 aromatic rings. The van der Waals surface area contributed by atoms with Crippen LogP contribution in [0, 0.1) is 6.92 Å². The highest BCUT2D eigenvalue weighted by Crippen LogP contribution is 2.24. The van der Waals surface area contributed by atoms with E-state index >= 15 is 0 Å². The van der Waals surface area contributed by atoms with Crippen LogP contribution in [0.4, 0.5) is 0 Å². The Morgan fingerprint density at radius 2 is 1.32 bits per heavy atom. The summed E-state index contributed by atoms with van der Waals surface area (Å²) in [6.45, 7) is 4.33. The van der Waals surface area contributed by atoms with E-state index in [-0.39, 0.29) is 17.9 Å². The molecule has 0 saturated heterocycles. The van der Waals surface area contributed by atoms with Gasteiger partial charge < -0.3 is 10.6 Å². The topological polar surface area (TPSA) is 64.6 Å². The molecule has 0 radical (unpaired) electrons. The first-order valence-electron chi connectivity index (χ1n) is 10.8. The van der Waals surface area contributed by atoms with E-state index in [4.69, 9.17) is 0 Å². The lowest BCUT2D eigenvalue weighted by atomic mass is 10.00. The van der Waals surface area contributed by atoms with E-state index in [1.54, 1.807) is 6.07 Å². The van der Waals surface area contributed by atoms with E-state index in [0.29, 0.717) is 5.75 Å². The summed E-state index contributed by atoms with van der Waals surface area (Å²) in [7, 11) is 0. The Morgan fingerprint density at radius 1 is 0.786 bits per heavy atom. The first-order valence-corrected chi connectivity index (χ1v) is 10.8. The number of aromatic hydroxyl groups is 1. The van der Waals surface area contributed by atoms with Gasteiger partial charge in [-0.25, -0.2) is 0 Å². The van der Waals surface area contributed by atoms with Crippen molar-refractivity contribution in [3.63, 3.8) is 0 Å². The number of phenols is 1. The maximum absolute atomic E-state index is 9.77. The van der Waals surface area contributed by atoms with Crippen molar-refractivity contribution in [2.45, 2.75) is 97.3 Å². The quantitative estimate of drug-likeness (QED) is 0.359. The number of pyridine rings is 1. The minimum atomic E-state index is 0. The number of phenolic OH excluding ortho intramolecular Hbond substituents is 1. The van der Waals surface area contributed by atoms with E-state index in [1.807, 2.05) is 12.1 Å². The smallest absolute Gasteiger partial charge is 0.116 e. The monoisotopic (exact) mass is 409 g/mol. The molecule has 0 unspecified atom stereocenters. The zero-order valence-electron chi connectivity index (χ0n) is 17.8. The average molecular weight is 410 g/mol. The number of unbranched alkanes of at least 4 members (excludes halogenated alkanes) is 11. The molecule has 3 N–H and O–H groups in total. The van der Waals surface area contributed by atoms with Crippen LogP contribution in [0.15, 0.2) is 24.3 Å². The second-order valence-corrected chi connectivity index (χ2v) is 7.76. The van der Waals surface area contributed by atoms with Crippen molar-refractivity contribution in [1.82, 2.24) is 4.98 Å². The van der Waals surface area contributed by atoms with Gasteiger partial charge in [-0.05, 0) is 49.6 Å². The number of hydrogen-bond acceptors (Lipinski definition) is 2. The Kier molecular flexibility index (Phi) is 14.9. The third-order valence-electron chi connectivity index (χ3n) is 5.31. The van der Waals surface area contributed by atoms with Gasteiger partial charge in [0.15, 0.2) is 0 Å². The van der Waals surface area contributed by atoms with Gasteiger partial charge in [0.25, 0.3) is 0 Å². The fourth-order valence-electron chi connectivity index (χ4n) is 3.79. The van der Waals surface area contributed by atoms with Gasteiger partial charge >= 0.3 is 0 Å². The van der Waals surface area contributed by atoms with Gasteiger partial charge in [-0.1, -0.05) is 77.6 Å². The molecule has 0 amide bonds. The largest absolute Gasteiger partial charge is 0.508 e. The Morgan fingerprint density at radius 3 is 1.89 bits per heavy atom. The predicted octanol–water partition coefficient (Wildman–Crippen LogP) is 7.09. The first kappa shape index (κ1) is 26.7. The lowest BCUT2D eigenvalue weighted by Gasteiger charge is -2.08. The molecule has 1 aromatic heterocycles. The lowest BCUT2D eigenvalue weighted by Crippen LogP contribution is -1.93. The Hall–Kier alpha value is -1.32. The number of rotatable bonds is 13. The molecular weight excluding hydrogens is 370 g/mol. The highest BCUT2D eigenvalue weighted by molar-refractivity contribution is 5.85. The summed E-state index contributed by atoms with van der Waals surface area (Å²) in [5, 5.41) is 10.9. The molecule has 2 rings (SSSR count). The van der Waals surface area contributed by atoms with Gasteiger partial charge in [0.1, 0.15) is 5.75 Å². The molecule has 0 aliphatic heterocycles. The van der Waals surface area contributed by atoms with Gasteiger partial charge in [-0.2, -0.15) is 0 Å². The molecule has 3 nitrogen and oxygen atoms in total. The minimum Gasteiger partial charge on any atom is -0.508 e. The zero-order chi connectivity index (χ0) is 18.6. The van der Waals surface area contributed by atoms with Crippen LogP contribution >= 0.6 is 12.4 Å². The normalized spacial score (nSPS) is 10.5. The van der Waals surface area contributed by atoms with Crippen molar-refractivity contribution >= 4 is 23.3 Å². The second-order valence-electron chi connectivity index (χ2n) is 7.76. The van der Waals surface area contributed by atoms with Crippen LogP contribution in [-0.2, 0) is 6.42 Å². The molecule has 0 aliphatic carbocycles. The maximum atomic E-state index is 9.77. The summed E-state index contributed by atoms with van der Waals surface area (Å²) in [5.74, 6) is 0.332. The highest BCUT2D eigenvalue weighted by Gasteiger charge is 2.05. The third kappa shape index (κ3) is 9.75.